The standard InChI is InChI=1S/C24H24FN3O4S/c1-4-33-24-27-23(30)21-17(12-20(29)26-22(21)28(24)2)15-7-10-18(19(11-15)31-3)32-13-14-5-8-16(25)9-6-14/h5-11,17H,4,12-13H2,1-3H3,(H,26,29). The van der Waals surface area contributed by atoms with E-state index in [9.17, 15) is 14.0 Å². The first kappa shape index (κ1) is 22.8. The van der Waals surface area contributed by atoms with E-state index in [0.717, 1.165) is 16.9 Å². The number of nitrogens with zero attached hydrogens (tertiary/aromatic N) is 2. The second-order valence-corrected chi connectivity index (χ2v) is 8.82. The van der Waals surface area contributed by atoms with Crippen molar-refractivity contribution in [1.29, 1.82) is 0 Å². The molecular formula is C24H24FN3O4S. The number of aromatic nitrogens is 2. The summed E-state index contributed by atoms with van der Waals surface area (Å²) in [6.45, 7) is 2.22. The minimum Gasteiger partial charge on any atom is -0.493 e. The largest absolute Gasteiger partial charge is 0.493 e. The zero-order valence-electron chi connectivity index (χ0n) is 18.6. The molecule has 0 radical (unpaired) electrons. The minimum atomic E-state index is -0.458. The summed E-state index contributed by atoms with van der Waals surface area (Å²) >= 11 is 1.44. The third kappa shape index (κ3) is 4.73. The molecule has 1 aromatic heterocycles. The van der Waals surface area contributed by atoms with Gasteiger partial charge < -0.3 is 19.4 Å². The first-order valence-electron chi connectivity index (χ1n) is 10.5. The summed E-state index contributed by atoms with van der Waals surface area (Å²) in [6, 6.07) is 11.4. The van der Waals surface area contributed by atoms with Gasteiger partial charge >= 0.3 is 0 Å². The fraction of sp³-hybridized carbons (Fsp3) is 0.292. The van der Waals surface area contributed by atoms with E-state index in [1.165, 1.54) is 31.0 Å². The molecule has 0 aliphatic carbocycles. The van der Waals surface area contributed by atoms with Crippen molar-refractivity contribution in [3.8, 4) is 11.5 Å². The van der Waals surface area contributed by atoms with Gasteiger partial charge in [0.15, 0.2) is 16.7 Å². The van der Waals surface area contributed by atoms with Crippen LogP contribution in [-0.2, 0) is 18.4 Å². The van der Waals surface area contributed by atoms with Crippen LogP contribution in [0.5, 0.6) is 11.5 Å². The van der Waals surface area contributed by atoms with Gasteiger partial charge in [-0.25, -0.2) is 4.39 Å². The third-order valence-electron chi connectivity index (χ3n) is 5.47. The summed E-state index contributed by atoms with van der Waals surface area (Å²) in [4.78, 5) is 29.7. The smallest absolute Gasteiger partial charge is 0.279 e. The van der Waals surface area contributed by atoms with Crippen LogP contribution in [0.4, 0.5) is 10.2 Å². The van der Waals surface area contributed by atoms with E-state index >= 15 is 0 Å². The van der Waals surface area contributed by atoms with E-state index in [4.69, 9.17) is 9.47 Å². The number of nitrogens with one attached hydrogen (secondary N) is 1. The van der Waals surface area contributed by atoms with Crippen molar-refractivity contribution < 1.29 is 18.7 Å². The van der Waals surface area contributed by atoms with Gasteiger partial charge in [-0.2, -0.15) is 4.98 Å². The number of thioether (sulfide) groups is 1. The maximum atomic E-state index is 13.1. The molecule has 1 unspecified atom stereocenters. The number of hydrogen-bond donors (Lipinski definition) is 1. The Balaban J connectivity index is 1.67. The molecule has 2 aromatic carbocycles. The highest BCUT2D eigenvalue weighted by atomic mass is 32.2. The Morgan fingerprint density at radius 3 is 2.64 bits per heavy atom. The SMILES string of the molecule is CCSc1nc(=O)c2c(n1C)NC(=O)CC2c1ccc(OCc2ccc(F)cc2)c(OC)c1. The zero-order chi connectivity index (χ0) is 23.5. The molecule has 0 fully saturated rings. The van der Waals surface area contributed by atoms with Gasteiger partial charge in [0.05, 0.1) is 12.7 Å². The molecule has 1 aliphatic rings. The molecule has 2 heterocycles. The van der Waals surface area contributed by atoms with Gasteiger partial charge in [0, 0.05) is 19.4 Å². The van der Waals surface area contributed by atoms with Crippen LogP contribution in [-0.4, -0.2) is 28.3 Å². The number of halogens is 1. The number of fused-ring (bicyclic) bond motifs is 1. The molecule has 0 bridgehead atoms. The first-order chi connectivity index (χ1) is 15.9. The molecule has 1 atom stereocenters. The van der Waals surface area contributed by atoms with Crippen LogP contribution in [0.3, 0.4) is 0 Å². The summed E-state index contributed by atoms with van der Waals surface area (Å²) in [6.07, 6.45) is 0.128. The van der Waals surface area contributed by atoms with Gasteiger partial charge in [0.2, 0.25) is 5.91 Å². The summed E-state index contributed by atoms with van der Waals surface area (Å²) in [5.74, 6) is 1.28. The van der Waals surface area contributed by atoms with E-state index in [2.05, 4.69) is 10.3 Å². The molecule has 1 aliphatic heterocycles. The summed E-state index contributed by atoms with van der Waals surface area (Å²) in [5, 5.41) is 3.40. The van der Waals surface area contributed by atoms with Gasteiger partial charge in [-0.15, -0.1) is 0 Å². The Morgan fingerprint density at radius 2 is 1.94 bits per heavy atom. The number of hydrogen-bond acceptors (Lipinski definition) is 6. The van der Waals surface area contributed by atoms with Crippen molar-refractivity contribution in [3.63, 3.8) is 0 Å². The minimum absolute atomic E-state index is 0.128. The van der Waals surface area contributed by atoms with E-state index in [0.29, 0.717) is 28.0 Å². The lowest BCUT2D eigenvalue weighted by Crippen LogP contribution is -2.33. The summed E-state index contributed by atoms with van der Waals surface area (Å²) < 4.78 is 26.3. The average molecular weight is 470 g/mol. The number of ether oxygens (including phenoxy) is 2. The van der Waals surface area contributed by atoms with Gasteiger partial charge in [-0.3, -0.25) is 9.59 Å². The molecule has 9 heteroatoms. The monoisotopic (exact) mass is 469 g/mol. The molecular weight excluding hydrogens is 445 g/mol. The van der Waals surface area contributed by atoms with Crippen LogP contribution in [0.25, 0.3) is 0 Å². The highest BCUT2D eigenvalue weighted by Gasteiger charge is 2.32. The van der Waals surface area contributed by atoms with Crippen molar-refractivity contribution in [1.82, 2.24) is 9.55 Å². The fourth-order valence-corrected chi connectivity index (χ4v) is 4.53. The van der Waals surface area contributed by atoms with Gasteiger partial charge in [-0.1, -0.05) is 36.9 Å². The van der Waals surface area contributed by atoms with E-state index < -0.39 is 5.92 Å². The average Bonchev–Trinajstić information content (AvgIpc) is 2.81. The highest BCUT2D eigenvalue weighted by Crippen LogP contribution is 2.39. The predicted molar refractivity (Wildman–Crippen MR) is 125 cm³/mol. The number of anilines is 1. The molecule has 1 N–H and O–H groups in total. The molecule has 7 nitrogen and oxygen atoms in total. The molecule has 0 saturated heterocycles. The Morgan fingerprint density at radius 1 is 1.18 bits per heavy atom. The highest BCUT2D eigenvalue weighted by molar-refractivity contribution is 7.99. The van der Waals surface area contributed by atoms with E-state index in [1.54, 1.807) is 35.9 Å². The number of rotatable bonds is 7. The molecule has 0 saturated carbocycles. The Bertz CT molecular complexity index is 1240. The predicted octanol–water partition coefficient (Wildman–Crippen LogP) is 4.09. The van der Waals surface area contributed by atoms with Gasteiger partial charge in [-0.05, 0) is 41.1 Å². The van der Waals surface area contributed by atoms with Crippen molar-refractivity contribution in [2.24, 2.45) is 7.05 Å². The second kappa shape index (κ2) is 9.66. The number of methoxy groups -OCH3 is 1. The molecule has 3 aromatic rings. The van der Waals surface area contributed by atoms with Crippen LogP contribution < -0.4 is 20.3 Å². The Labute approximate surface area is 194 Å². The van der Waals surface area contributed by atoms with Crippen LogP contribution in [0.15, 0.2) is 52.4 Å². The third-order valence-corrected chi connectivity index (χ3v) is 6.38. The quantitative estimate of drug-likeness (QED) is 0.415. The Hall–Kier alpha value is -3.33. The van der Waals surface area contributed by atoms with Crippen molar-refractivity contribution >= 4 is 23.5 Å². The molecule has 0 spiro atoms. The maximum absolute atomic E-state index is 13.1. The zero-order valence-corrected chi connectivity index (χ0v) is 19.4. The molecule has 172 valence electrons. The van der Waals surface area contributed by atoms with Crippen LogP contribution in [0, 0.1) is 5.82 Å². The van der Waals surface area contributed by atoms with Gasteiger partial charge in [0.1, 0.15) is 18.2 Å². The number of carbonyl (C=O) groups is 1. The summed E-state index contributed by atoms with van der Waals surface area (Å²) in [5.41, 5.74) is 1.68. The topological polar surface area (TPSA) is 82.5 Å². The number of carbonyl (C=O) groups excluding carboxylic acids is 1. The number of amides is 1. The lowest BCUT2D eigenvalue weighted by Gasteiger charge is -2.27. The fourth-order valence-electron chi connectivity index (χ4n) is 3.84. The van der Waals surface area contributed by atoms with Crippen molar-refractivity contribution in [2.45, 2.75) is 31.0 Å². The van der Waals surface area contributed by atoms with E-state index in [-0.39, 0.29) is 30.3 Å². The lowest BCUT2D eigenvalue weighted by atomic mass is 9.86. The van der Waals surface area contributed by atoms with E-state index in [1.807, 2.05) is 13.0 Å². The van der Waals surface area contributed by atoms with Crippen molar-refractivity contribution in [2.75, 3.05) is 18.2 Å². The lowest BCUT2D eigenvalue weighted by molar-refractivity contribution is -0.116. The van der Waals surface area contributed by atoms with Gasteiger partial charge in [0.25, 0.3) is 5.56 Å². The second-order valence-electron chi connectivity index (χ2n) is 7.58. The molecule has 1 amide bonds. The normalized spacial score (nSPS) is 15.0. The summed E-state index contributed by atoms with van der Waals surface area (Å²) in [7, 11) is 3.32. The number of benzene rings is 2. The molecule has 33 heavy (non-hydrogen) atoms. The Kier molecular flexibility index (Phi) is 6.69. The maximum Gasteiger partial charge on any atom is 0.279 e. The molecule has 4 rings (SSSR count). The van der Waals surface area contributed by atoms with Crippen LogP contribution in [0.1, 0.15) is 36.0 Å². The first-order valence-corrected chi connectivity index (χ1v) is 11.5. The van der Waals surface area contributed by atoms with Crippen LogP contribution >= 0.6 is 11.8 Å². The van der Waals surface area contributed by atoms with Crippen LogP contribution in [0.2, 0.25) is 0 Å². The van der Waals surface area contributed by atoms with Crippen molar-refractivity contribution in [3.05, 3.63) is 75.3 Å².